The monoisotopic (exact) mass is 450 g/mol. The zero-order valence-corrected chi connectivity index (χ0v) is 15.6. The number of nitriles is 2. The minimum atomic E-state index is 0.0357. The summed E-state index contributed by atoms with van der Waals surface area (Å²) in [6.45, 7) is 0.327. The highest BCUT2D eigenvalue weighted by Gasteiger charge is 2.10. The lowest BCUT2D eigenvalue weighted by Gasteiger charge is -2.12. The van der Waals surface area contributed by atoms with Crippen LogP contribution in [-0.4, -0.2) is 0 Å². The van der Waals surface area contributed by atoms with Gasteiger partial charge in [0, 0.05) is 10.6 Å². The molecule has 0 amide bonds. The molecule has 2 rings (SSSR count). The summed E-state index contributed by atoms with van der Waals surface area (Å²) in [5.74, 6) is 0.623. The van der Waals surface area contributed by atoms with Gasteiger partial charge in [-0.2, -0.15) is 10.5 Å². The van der Waals surface area contributed by atoms with Gasteiger partial charge in [0.2, 0.25) is 0 Å². The van der Waals surface area contributed by atoms with Crippen molar-refractivity contribution in [2.45, 2.75) is 6.61 Å². The SMILES string of the molecule is N#CC(C#N)=Cc1cc(Br)c(OCc2ccccc2Cl)c(Br)c1. The van der Waals surface area contributed by atoms with E-state index in [1.165, 1.54) is 6.08 Å². The van der Waals surface area contributed by atoms with Crippen LogP contribution in [0.5, 0.6) is 5.75 Å². The van der Waals surface area contributed by atoms with Crippen molar-refractivity contribution < 1.29 is 4.74 Å². The maximum absolute atomic E-state index is 8.82. The highest BCUT2D eigenvalue weighted by molar-refractivity contribution is 9.11. The van der Waals surface area contributed by atoms with Crippen LogP contribution < -0.4 is 4.74 Å². The minimum Gasteiger partial charge on any atom is -0.486 e. The third-order valence-electron chi connectivity index (χ3n) is 2.90. The van der Waals surface area contributed by atoms with Crippen molar-refractivity contribution in [2.75, 3.05) is 0 Å². The first-order valence-corrected chi connectivity index (χ1v) is 8.38. The van der Waals surface area contributed by atoms with Crippen molar-refractivity contribution >= 4 is 49.5 Å². The van der Waals surface area contributed by atoms with Gasteiger partial charge in [0.05, 0.1) is 8.95 Å². The summed E-state index contributed by atoms with van der Waals surface area (Å²) in [5.41, 5.74) is 1.63. The van der Waals surface area contributed by atoms with Crippen LogP contribution in [0.25, 0.3) is 6.08 Å². The lowest BCUT2D eigenvalue weighted by atomic mass is 10.1. The fourth-order valence-electron chi connectivity index (χ4n) is 1.82. The number of nitrogens with zero attached hydrogens (tertiary/aromatic N) is 2. The molecule has 0 saturated carbocycles. The van der Waals surface area contributed by atoms with E-state index in [0.717, 1.165) is 5.56 Å². The summed E-state index contributed by atoms with van der Waals surface area (Å²) in [7, 11) is 0. The average molecular weight is 453 g/mol. The Morgan fingerprint density at radius 1 is 1.13 bits per heavy atom. The first-order chi connectivity index (χ1) is 11.0. The average Bonchev–Trinajstić information content (AvgIpc) is 2.53. The highest BCUT2D eigenvalue weighted by atomic mass is 79.9. The molecule has 2 aromatic rings. The van der Waals surface area contributed by atoms with Crippen molar-refractivity contribution in [2.24, 2.45) is 0 Å². The second-order valence-electron chi connectivity index (χ2n) is 4.48. The fourth-order valence-corrected chi connectivity index (χ4v) is 3.46. The van der Waals surface area contributed by atoms with Crippen LogP contribution in [0.4, 0.5) is 0 Å². The second kappa shape index (κ2) is 8.17. The third-order valence-corrected chi connectivity index (χ3v) is 4.45. The van der Waals surface area contributed by atoms with Crippen LogP contribution >= 0.6 is 43.5 Å². The molecule has 0 aliphatic rings. The van der Waals surface area contributed by atoms with Crippen LogP contribution in [0.3, 0.4) is 0 Å². The van der Waals surface area contributed by atoms with Gasteiger partial charge in [0.15, 0.2) is 0 Å². The van der Waals surface area contributed by atoms with Gasteiger partial charge in [-0.05, 0) is 61.7 Å². The van der Waals surface area contributed by atoms with Crippen LogP contribution in [0.15, 0.2) is 50.9 Å². The molecular weight excluding hydrogens is 443 g/mol. The molecule has 0 unspecified atom stereocenters. The zero-order valence-electron chi connectivity index (χ0n) is 11.7. The highest BCUT2D eigenvalue weighted by Crippen LogP contribution is 2.36. The molecule has 0 aromatic heterocycles. The van der Waals surface area contributed by atoms with E-state index in [9.17, 15) is 0 Å². The maximum Gasteiger partial charge on any atom is 0.148 e. The molecule has 0 heterocycles. The molecule has 3 nitrogen and oxygen atoms in total. The molecule has 0 saturated heterocycles. The first-order valence-electron chi connectivity index (χ1n) is 6.42. The minimum absolute atomic E-state index is 0.0357. The van der Waals surface area contributed by atoms with E-state index in [1.807, 2.05) is 36.4 Å². The number of benzene rings is 2. The Morgan fingerprint density at radius 3 is 2.30 bits per heavy atom. The molecule has 0 bridgehead atoms. The van der Waals surface area contributed by atoms with Gasteiger partial charge >= 0.3 is 0 Å². The summed E-state index contributed by atoms with van der Waals surface area (Å²) in [6.07, 6.45) is 1.51. The smallest absolute Gasteiger partial charge is 0.148 e. The lowest BCUT2D eigenvalue weighted by molar-refractivity contribution is 0.302. The van der Waals surface area contributed by atoms with Gasteiger partial charge in [-0.3, -0.25) is 0 Å². The zero-order chi connectivity index (χ0) is 16.8. The third kappa shape index (κ3) is 4.59. The van der Waals surface area contributed by atoms with E-state index in [-0.39, 0.29) is 5.57 Å². The summed E-state index contributed by atoms with van der Waals surface area (Å²) >= 11 is 13.0. The van der Waals surface area contributed by atoms with Crippen LogP contribution in [0.1, 0.15) is 11.1 Å². The summed E-state index contributed by atoms with van der Waals surface area (Å²) < 4.78 is 7.24. The van der Waals surface area contributed by atoms with Crippen LogP contribution in [-0.2, 0) is 6.61 Å². The standard InChI is InChI=1S/C17H9Br2ClN2O/c18-14-6-11(5-12(8-21)9-22)7-15(19)17(14)23-10-13-3-1-2-4-16(13)20/h1-7H,10H2. The topological polar surface area (TPSA) is 56.8 Å². The number of halogens is 3. The van der Waals surface area contributed by atoms with Crippen molar-refractivity contribution in [1.82, 2.24) is 0 Å². The molecule has 0 radical (unpaired) electrons. The Bertz CT molecular complexity index is 811. The largest absolute Gasteiger partial charge is 0.486 e. The predicted molar refractivity (Wildman–Crippen MR) is 96.8 cm³/mol. The van der Waals surface area contributed by atoms with Gasteiger partial charge in [0.1, 0.15) is 30.1 Å². The lowest BCUT2D eigenvalue weighted by Crippen LogP contribution is -1.98. The number of hydrogen-bond donors (Lipinski definition) is 0. The quantitative estimate of drug-likeness (QED) is 0.545. The van der Waals surface area contributed by atoms with Gasteiger partial charge < -0.3 is 4.74 Å². The molecule has 114 valence electrons. The van der Waals surface area contributed by atoms with E-state index < -0.39 is 0 Å². The molecule has 6 heteroatoms. The van der Waals surface area contributed by atoms with E-state index in [4.69, 9.17) is 26.9 Å². The molecule has 0 atom stereocenters. The number of hydrogen-bond acceptors (Lipinski definition) is 3. The summed E-state index contributed by atoms with van der Waals surface area (Å²) in [4.78, 5) is 0. The molecule has 0 aliphatic carbocycles. The Balaban J connectivity index is 2.25. The summed E-state index contributed by atoms with van der Waals surface area (Å²) in [5, 5.41) is 18.3. The van der Waals surface area contributed by atoms with Crippen molar-refractivity contribution in [1.29, 1.82) is 10.5 Å². The maximum atomic E-state index is 8.82. The summed E-state index contributed by atoms with van der Waals surface area (Å²) in [6, 6.07) is 14.7. The molecule has 0 N–H and O–H groups in total. The van der Waals surface area contributed by atoms with Gasteiger partial charge in [-0.15, -0.1) is 0 Å². The van der Waals surface area contributed by atoms with E-state index in [0.29, 0.717) is 31.9 Å². The number of rotatable bonds is 4. The molecule has 0 aliphatic heterocycles. The molecule has 0 spiro atoms. The van der Waals surface area contributed by atoms with Crippen molar-refractivity contribution in [3.8, 4) is 17.9 Å². The second-order valence-corrected chi connectivity index (χ2v) is 6.59. The first kappa shape index (κ1) is 17.6. The van der Waals surface area contributed by atoms with Crippen LogP contribution in [0.2, 0.25) is 5.02 Å². The van der Waals surface area contributed by atoms with E-state index in [2.05, 4.69) is 31.9 Å². The van der Waals surface area contributed by atoms with Crippen molar-refractivity contribution in [3.63, 3.8) is 0 Å². The van der Waals surface area contributed by atoms with Gasteiger partial charge in [-0.25, -0.2) is 0 Å². The normalized spacial score (nSPS) is 9.61. The van der Waals surface area contributed by atoms with Crippen LogP contribution in [0, 0.1) is 22.7 Å². The Hall–Kier alpha value is -1.79. The predicted octanol–water partition coefficient (Wildman–Crippen LogP) is 5.87. The fraction of sp³-hybridized carbons (Fsp3) is 0.0588. The number of allylic oxidation sites excluding steroid dienone is 1. The molecular formula is C17H9Br2ClN2O. The Labute approximate surface area is 156 Å². The van der Waals surface area contributed by atoms with E-state index >= 15 is 0 Å². The molecule has 23 heavy (non-hydrogen) atoms. The van der Waals surface area contributed by atoms with Gasteiger partial charge in [0.25, 0.3) is 0 Å². The number of ether oxygens (including phenoxy) is 1. The Kier molecular flexibility index (Phi) is 6.24. The van der Waals surface area contributed by atoms with E-state index in [1.54, 1.807) is 12.1 Å². The molecule has 2 aromatic carbocycles. The van der Waals surface area contributed by atoms with Crippen molar-refractivity contribution in [3.05, 3.63) is 67.1 Å². The molecule has 0 fully saturated rings. The Morgan fingerprint density at radius 2 is 1.74 bits per heavy atom. The van der Waals surface area contributed by atoms with Gasteiger partial charge in [-0.1, -0.05) is 29.8 Å².